The zero-order chi connectivity index (χ0) is 15.6. The molecule has 0 aliphatic rings. The zero-order valence-corrected chi connectivity index (χ0v) is 11.5. The van der Waals surface area contributed by atoms with Gasteiger partial charge in [0.2, 0.25) is 0 Å². The van der Waals surface area contributed by atoms with Crippen molar-refractivity contribution in [2.24, 2.45) is 0 Å². The van der Waals surface area contributed by atoms with Crippen LogP contribution in [0.2, 0.25) is 0 Å². The summed E-state index contributed by atoms with van der Waals surface area (Å²) in [5.74, 6) is -0.640. The standard InChI is InChI=1S/C14H13NO6/c1-8-5-9(2)12(6-11(8)15(18)19)21-7-13-10(14(16)17)3-4-20-13/h3-6H,7H2,1-2H3,(H,16,17). The molecule has 0 radical (unpaired) electrons. The van der Waals surface area contributed by atoms with Crippen LogP contribution >= 0.6 is 0 Å². The molecule has 0 atom stereocenters. The lowest BCUT2D eigenvalue weighted by Gasteiger charge is -2.09. The number of aryl methyl sites for hydroxylation is 2. The Bertz CT molecular complexity index is 703. The third kappa shape index (κ3) is 3.02. The number of ether oxygens (including phenoxy) is 1. The van der Waals surface area contributed by atoms with Gasteiger partial charge < -0.3 is 14.3 Å². The quantitative estimate of drug-likeness (QED) is 0.670. The summed E-state index contributed by atoms with van der Waals surface area (Å²) in [5.41, 5.74) is 1.22. The Balaban J connectivity index is 2.24. The van der Waals surface area contributed by atoms with Crippen LogP contribution in [0, 0.1) is 24.0 Å². The molecule has 110 valence electrons. The van der Waals surface area contributed by atoms with Crippen molar-refractivity contribution in [1.29, 1.82) is 0 Å². The van der Waals surface area contributed by atoms with E-state index >= 15 is 0 Å². The minimum atomic E-state index is -1.12. The average molecular weight is 291 g/mol. The summed E-state index contributed by atoms with van der Waals surface area (Å²) in [5, 5.41) is 19.9. The number of nitrogens with zero attached hydrogens (tertiary/aromatic N) is 1. The van der Waals surface area contributed by atoms with E-state index in [1.165, 1.54) is 18.4 Å². The summed E-state index contributed by atoms with van der Waals surface area (Å²) in [6, 6.07) is 4.30. The first-order valence-electron chi connectivity index (χ1n) is 6.08. The van der Waals surface area contributed by atoms with Crippen LogP contribution in [0.15, 0.2) is 28.9 Å². The number of carboxylic acids is 1. The Labute approximate surface area is 119 Å². The number of hydrogen-bond donors (Lipinski definition) is 1. The van der Waals surface area contributed by atoms with Crippen molar-refractivity contribution in [3.8, 4) is 5.75 Å². The summed E-state index contributed by atoms with van der Waals surface area (Å²) < 4.78 is 10.5. The number of rotatable bonds is 5. The van der Waals surface area contributed by atoms with Crippen molar-refractivity contribution in [3.05, 3.63) is 57.0 Å². The van der Waals surface area contributed by atoms with Gasteiger partial charge in [-0.05, 0) is 31.5 Å². The Kier molecular flexibility index (Phi) is 3.93. The van der Waals surface area contributed by atoms with E-state index in [0.717, 1.165) is 5.56 Å². The van der Waals surface area contributed by atoms with E-state index in [-0.39, 0.29) is 23.6 Å². The van der Waals surface area contributed by atoms with Crippen LogP contribution < -0.4 is 4.74 Å². The second-order valence-corrected chi connectivity index (χ2v) is 4.51. The fourth-order valence-corrected chi connectivity index (χ4v) is 1.96. The van der Waals surface area contributed by atoms with Gasteiger partial charge in [0.25, 0.3) is 5.69 Å². The maximum absolute atomic E-state index is 10.9. The van der Waals surface area contributed by atoms with E-state index in [0.29, 0.717) is 11.3 Å². The van der Waals surface area contributed by atoms with Gasteiger partial charge in [0.15, 0.2) is 5.76 Å². The van der Waals surface area contributed by atoms with E-state index < -0.39 is 10.9 Å². The van der Waals surface area contributed by atoms with Crippen molar-refractivity contribution in [2.75, 3.05) is 0 Å². The van der Waals surface area contributed by atoms with Crippen molar-refractivity contribution in [1.82, 2.24) is 0 Å². The fraction of sp³-hybridized carbons (Fsp3) is 0.214. The Morgan fingerprint density at radius 2 is 2.10 bits per heavy atom. The number of aromatic carboxylic acids is 1. The summed E-state index contributed by atoms with van der Waals surface area (Å²) in [6.45, 7) is 3.28. The molecule has 2 aromatic rings. The van der Waals surface area contributed by atoms with Gasteiger partial charge in [-0.15, -0.1) is 0 Å². The predicted octanol–water partition coefficient (Wildman–Crippen LogP) is 3.08. The largest absolute Gasteiger partial charge is 0.485 e. The highest BCUT2D eigenvalue weighted by Gasteiger charge is 2.17. The van der Waals surface area contributed by atoms with Crippen LogP contribution in [0.25, 0.3) is 0 Å². The molecule has 7 heteroatoms. The maximum Gasteiger partial charge on any atom is 0.339 e. The molecule has 0 aliphatic heterocycles. The van der Waals surface area contributed by atoms with Gasteiger partial charge in [-0.2, -0.15) is 0 Å². The molecule has 0 saturated heterocycles. The molecule has 1 aromatic carbocycles. The molecule has 0 amide bonds. The molecule has 1 aromatic heterocycles. The van der Waals surface area contributed by atoms with Gasteiger partial charge in [0.1, 0.15) is 17.9 Å². The van der Waals surface area contributed by atoms with Crippen LogP contribution in [-0.4, -0.2) is 16.0 Å². The van der Waals surface area contributed by atoms with Gasteiger partial charge >= 0.3 is 5.97 Å². The molecule has 21 heavy (non-hydrogen) atoms. The molecule has 0 aliphatic carbocycles. The second kappa shape index (κ2) is 5.66. The number of carboxylic acid groups (broad SMARTS) is 1. The van der Waals surface area contributed by atoms with Gasteiger partial charge in [-0.25, -0.2) is 4.79 Å². The molecular formula is C14H13NO6. The molecule has 0 unspecified atom stereocenters. The smallest absolute Gasteiger partial charge is 0.339 e. The fourth-order valence-electron chi connectivity index (χ4n) is 1.96. The molecule has 0 fully saturated rings. The highest BCUT2D eigenvalue weighted by Crippen LogP contribution is 2.29. The molecule has 0 bridgehead atoms. The normalized spacial score (nSPS) is 10.4. The maximum atomic E-state index is 10.9. The topological polar surface area (TPSA) is 103 Å². The highest BCUT2D eigenvalue weighted by atomic mass is 16.6. The van der Waals surface area contributed by atoms with Crippen LogP contribution in [0.1, 0.15) is 27.2 Å². The summed E-state index contributed by atoms with van der Waals surface area (Å²) in [4.78, 5) is 21.4. The van der Waals surface area contributed by atoms with Crippen molar-refractivity contribution < 1.29 is 24.0 Å². The number of nitro benzene ring substituents is 1. The monoisotopic (exact) mass is 291 g/mol. The Morgan fingerprint density at radius 3 is 2.71 bits per heavy atom. The molecule has 7 nitrogen and oxygen atoms in total. The molecule has 1 heterocycles. The number of hydrogen-bond acceptors (Lipinski definition) is 5. The van der Waals surface area contributed by atoms with Crippen LogP contribution in [0.3, 0.4) is 0 Å². The van der Waals surface area contributed by atoms with E-state index in [2.05, 4.69) is 0 Å². The van der Waals surface area contributed by atoms with Gasteiger partial charge in [0.05, 0.1) is 17.3 Å². The van der Waals surface area contributed by atoms with Crippen molar-refractivity contribution in [3.63, 3.8) is 0 Å². The number of benzene rings is 1. The van der Waals surface area contributed by atoms with Crippen LogP contribution in [0.4, 0.5) is 5.69 Å². The van der Waals surface area contributed by atoms with Crippen LogP contribution in [-0.2, 0) is 6.61 Å². The first-order valence-corrected chi connectivity index (χ1v) is 6.08. The van der Waals surface area contributed by atoms with E-state index in [1.807, 2.05) is 0 Å². The third-order valence-corrected chi connectivity index (χ3v) is 3.02. The molecular weight excluding hydrogens is 278 g/mol. The van der Waals surface area contributed by atoms with Crippen molar-refractivity contribution >= 4 is 11.7 Å². The van der Waals surface area contributed by atoms with E-state index in [1.54, 1.807) is 19.9 Å². The SMILES string of the molecule is Cc1cc(C)c([N+](=O)[O-])cc1OCc1occc1C(=O)O. The third-order valence-electron chi connectivity index (χ3n) is 3.02. The summed E-state index contributed by atoms with van der Waals surface area (Å²) in [6.07, 6.45) is 1.26. The molecule has 1 N–H and O–H groups in total. The van der Waals surface area contributed by atoms with Gasteiger partial charge in [0, 0.05) is 5.56 Å². The number of furan rings is 1. The minimum absolute atomic E-state index is 0.00858. The first kappa shape index (κ1) is 14.6. The van der Waals surface area contributed by atoms with E-state index in [9.17, 15) is 14.9 Å². The molecule has 0 saturated carbocycles. The van der Waals surface area contributed by atoms with Gasteiger partial charge in [-0.3, -0.25) is 10.1 Å². The minimum Gasteiger partial charge on any atom is -0.485 e. The lowest BCUT2D eigenvalue weighted by Crippen LogP contribution is -2.04. The number of nitro groups is 1. The zero-order valence-electron chi connectivity index (χ0n) is 11.5. The lowest BCUT2D eigenvalue weighted by molar-refractivity contribution is -0.385. The Hall–Kier alpha value is -2.83. The molecule has 2 rings (SSSR count). The summed E-state index contributed by atoms with van der Waals surface area (Å²) >= 11 is 0. The lowest BCUT2D eigenvalue weighted by atomic mass is 10.1. The Morgan fingerprint density at radius 1 is 1.38 bits per heavy atom. The predicted molar refractivity (Wildman–Crippen MR) is 72.6 cm³/mol. The molecule has 0 spiro atoms. The second-order valence-electron chi connectivity index (χ2n) is 4.51. The van der Waals surface area contributed by atoms with Crippen molar-refractivity contribution in [2.45, 2.75) is 20.5 Å². The first-order chi connectivity index (χ1) is 9.90. The highest BCUT2D eigenvalue weighted by molar-refractivity contribution is 5.88. The summed E-state index contributed by atoms with van der Waals surface area (Å²) in [7, 11) is 0. The average Bonchev–Trinajstić information content (AvgIpc) is 2.85. The van der Waals surface area contributed by atoms with Crippen LogP contribution in [0.5, 0.6) is 5.75 Å². The number of carbonyl (C=O) groups is 1. The van der Waals surface area contributed by atoms with Gasteiger partial charge in [-0.1, -0.05) is 0 Å². The van der Waals surface area contributed by atoms with E-state index in [4.69, 9.17) is 14.3 Å².